The summed E-state index contributed by atoms with van der Waals surface area (Å²) < 4.78 is 5.40. The van der Waals surface area contributed by atoms with Crippen molar-refractivity contribution in [2.24, 2.45) is 10.7 Å². The molecule has 70 valence electrons. The molecule has 0 saturated carbocycles. The summed E-state index contributed by atoms with van der Waals surface area (Å²) in [6.07, 6.45) is 3.52. The molecule has 0 spiro atoms. The number of aliphatic imine (C=N–C) groups is 1. The van der Waals surface area contributed by atoms with E-state index in [2.05, 4.69) is 4.99 Å². The van der Waals surface area contributed by atoms with E-state index in [4.69, 9.17) is 15.7 Å². The highest BCUT2D eigenvalue weighted by atomic mass is 16.5. The SMILES string of the molecule is NC(=NCC1CCCCO1)NO. The normalized spacial score (nSPS) is 25.4. The fourth-order valence-electron chi connectivity index (χ4n) is 1.19. The Morgan fingerprint density at radius 3 is 3.08 bits per heavy atom. The largest absolute Gasteiger partial charge is 0.376 e. The molecule has 0 radical (unpaired) electrons. The zero-order valence-electron chi connectivity index (χ0n) is 6.99. The first kappa shape index (κ1) is 9.28. The number of rotatable bonds is 2. The van der Waals surface area contributed by atoms with E-state index in [1.807, 2.05) is 0 Å². The van der Waals surface area contributed by atoms with Crippen LogP contribution in [0.2, 0.25) is 0 Å². The summed E-state index contributed by atoms with van der Waals surface area (Å²) in [7, 11) is 0. The van der Waals surface area contributed by atoms with E-state index >= 15 is 0 Å². The number of hydroxylamine groups is 1. The molecule has 5 heteroatoms. The van der Waals surface area contributed by atoms with E-state index in [-0.39, 0.29) is 12.1 Å². The fourth-order valence-corrected chi connectivity index (χ4v) is 1.19. The summed E-state index contributed by atoms with van der Waals surface area (Å²) in [6, 6.07) is 0. The Morgan fingerprint density at radius 2 is 2.50 bits per heavy atom. The molecule has 1 rings (SSSR count). The predicted octanol–water partition coefficient (Wildman–Crippen LogP) is -0.151. The number of nitrogens with two attached hydrogens (primary N) is 1. The van der Waals surface area contributed by atoms with Gasteiger partial charge in [0.25, 0.3) is 0 Å². The third kappa shape index (κ3) is 3.06. The lowest BCUT2D eigenvalue weighted by molar-refractivity contribution is 0.0223. The number of ether oxygens (including phenoxy) is 1. The standard InChI is InChI=1S/C7H15N3O2/c8-7(10-11)9-5-6-3-1-2-4-12-6/h6,11H,1-5H2,(H3,8,9,10). The smallest absolute Gasteiger partial charge is 0.212 e. The van der Waals surface area contributed by atoms with Gasteiger partial charge in [-0.05, 0) is 19.3 Å². The van der Waals surface area contributed by atoms with Gasteiger partial charge in [0.2, 0.25) is 5.96 Å². The molecule has 0 aromatic carbocycles. The molecule has 1 aliphatic rings. The molecule has 0 aromatic rings. The van der Waals surface area contributed by atoms with Gasteiger partial charge in [-0.15, -0.1) is 0 Å². The molecule has 1 fully saturated rings. The first-order valence-corrected chi connectivity index (χ1v) is 4.14. The van der Waals surface area contributed by atoms with Crippen molar-refractivity contribution in [3.63, 3.8) is 0 Å². The van der Waals surface area contributed by atoms with Crippen LogP contribution in [0.5, 0.6) is 0 Å². The van der Waals surface area contributed by atoms with Crippen molar-refractivity contribution >= 4 is 5.96 Å². The summed E-state index contributed by atoms with van der Waals surface area (Å²) in [5.74, 6) is 0.0455. The average Bonchev–Trinajstić information content (AvgIpc) is 2.16. The van der Waals surface area contributed by atoms with Crippen LogP contribution < -0.4 is 11.2 Å². The zero-order chi connectivity index (χ0) is 8.81. The fraction of sp³-hybridized carbons (Fsp3) is 0.857. The highest BCUT2D eigenvalue weighted by Crippen LogP contribution is 2.12. The van der Waals surface area contributed by atoms with Crippen molar-refractivity contribution < 1.29 is 9.94 Å². The van der Waals surface area contributed by atoms with Gasteiger partial charge in [0.15, 0.2) is 0 Å². The van der Waals surface area contributed by atoms with Crippen molar-refractivity contribution in [1.82, 2.24) is 5.48 Å². The summed E-state index contributed by atoms with van der Waals surface area (Å²) in [5.41, 5.74) is 7.00. The molecule has 1 saturated heterocycles. The van der Waals surface area contributed by atoms with Gasteiger partial charge in [0.05, 0.1) is 12.6 Å². The Hall–Kier alpha value is -0.810. The molecule has 0 bridgehead atoms. The van der Waals surface area contributed by atoms with Gasteiger partial charge in [0.1, 0.15) is 0 Å². The summed E-state index contributed by atoms with van der Waals surface area (Å²) in [4.78, 5) is 3.87. The molecule has 1 heterocycles. The van der Waals surface area contributed by atoms with E-state index < -0.39 is 0 Å². The number of guanidine groups is 1. The first-order chi connectivity index (χ1) is 5.83. The van der Waals surface area contributed by atoms with E-state index in [1.54, 1.807) is 5.48 Å². The monoisotopic (exact) mass is 173 g/mol. The van der Waals surface area contributed by atoms with Crippen LogP contribution in [0.15, 0.2) is 4.99 Å². The number of hydrogen-bond acceptors (Lipinski definition) is 3. The Kier molecular flexibility index (Phi) is 3.83. The third-order valence-corrected chi connectivity index (χ3v) is 1.85. The van der Waals surface area contributed by atoms with Gasteiger partial charge in [-0.2, -0.15) is 0 Å². The van der Waals surface area contributed by atoms with Crippen LogP contribution in [0.1, 0.15) is 19.3 Å². The molecule has 0 aromatic heterocycles. The van der Waals surface area contributed by atoms with Crippen molar-refractivity contribution in [3.05, 3.63) is 0 Å². The minimum atomic E-state index is 0.0455. The van der Waals surface area contributed by atoms with Crippen LogP contribution in [0.25, 0.3) is 0 Å². The lowest BCUT2D eigenvalue weighted by Crippen LogP contribution is -2.31. The Morgan fingerprint density at radius 1 is 1.67 bits per heavy atom. The average molecular weight is 173 g/mol. The molecule has 1 atom stereocenters. The van der Waals surface area contributed by atoms with Crippen LogP contribution in [0, 0.1) is 0 Å². The van der Waals surface area contributed by atoms with E-state index in [0.717, 1.165) is 19.4 Å². The molecule has 0 aliphatic carbocycles. The molecular formula is C7H15N3O2. The summed E-state index contributed by atoms with van der Waals surface area (Å²) >= 11 is 0. The van der Waals surface area contributed by atoms with Gasteiger partial charge in [-0.1, -0.05) is 0 Å². The predicted molar refractivity (Wildman–Crippen MR) is 45.0 cm³/mol. The third-order valence-electron chi connectivity index (χ3n) is 1.85. The van der Waals surface area contributed by atoms with Crippen molar-refractivity contribution in [1.29, 1.82) is 0 Å². The van der Waals surface area contributed by atoms with E-state index in [1.165, 1.54) is 6.42 Å². The molecular weight excluding hydrogens is 158 g/mol. The summed E-state index contributed by atoms with van der Waals surface area (Å²) in [5, 5.41) is 8.32. The summed E-state index contributed by atoms with van der Waals surface area (Å²) in [6.45, 7) is 1.34. The molecule has 12 heavy (non-hydrogen) atoms. The van der Waals surface area contributed by atoms with Crippen molar-refractivity contribution in [3.8, 4) is 0 Å². The quantitative estimate of drug-likeness (QED) is 0.308. The van der Waals surface area contributed by atoms with Crippen molar-refractivity contribution in [2.45, 2.75) is 25.4 Å². The van der Waals surface area contributed by atoms with Gasteiger partial charge < -0.3 is 10.5 Å². The number of nitrogens with zero attached hydrogens (tertiary/aromatic N) is 1. The lowest BCUT2D eigenvalue weighted by Gasteiger charge is -2.20. The van der Waals surface area contributed by atoms with Crippen LogP contribution in [0.3, 0.4) is 0 Å². The second kappa shape index (κ2) is 4.95. The molecule has 0 amide bonds. The molecule has 5 nitrogen and oxygen atoms in total. The highest BCUT2D eigenvalue weighted by molar-refractivity contribution is 5.76. The van der Waals surface area contributed by atoms with Crippen LogP contribution in [0.4, 0.5) is 0 Å². The lowest BCUT2D eigenvalue weighted by atomic mass is 10.1. The second-order valence-corrected chi connectivity index (χ2v) is 2.83. The maximum absolute atomic E-state index is 8.32. The Balaban J connectivity index is 2.21. The topological polar surface area (TPSA) is 79.9 Å². The highest BCUT2D eigenvalue weighted by Gasteiger charge is 2.12. The maximum Gasteiger partial charge on any atom is 0.212 e. The van der Waals surface area contributed by atoms with Crippen LogP contribution in [-0.2, 0) is 4.74 Å². The van der Waals surface area contributed by atoms with E-state index in [0.29, 0.717) is 6.54 Å². The van der Waals surface area contributed by atoms with E-state index in [9.17, 15) is 0 Å². The molecule has 4 N–H and O–H groups in total. The molecule has 1 unspecified atom stereocenters. The second-order valence-electron chi connectivity index (χ2n) is 2.83. The van der Waals surface area contributed by atoms with Crippen LogP contribution >= 0.6 is 0 Å². The first-order valence-electron chi connectivity index (χ1n) is 4.14. The van der Waals surface area contributed by atoms with Crippen molar-refractivity contribution in [2.75, 3.05) is 13.2 Å². The van der Waals surface area contributed by atoms with Gasteiger partial charge in [-0.3, -0.25) is 5.21 Å². The van der Waals surface area contributed by atoms with Gasteiger partial charge in [0, 0.05) is 6.61 Å². The minimum Gasteiger partial charge on any atom is -0.376 e. The molecule has 1 aliphatic heterocycles. The Bertz CT molecular complexity index is 155. The number of nitrogens with one attached hydrogen (secondary N) is 1. The van der Waals surface area contributed by atoms with Gasteiger partial charge in [-0.25, -0.2) is 10.5 Å². The minimum absolute atomic E-state index is 0.0455. The van der Waals surface area contributed by atoms with Gasteiger partial charge >= 0.3 is 0 Å². The van der Waals surface area contributed by atoms with Crippen LogP contribution in [-0.4, -0.2) is 30.4 Å². The number of hydrogen-bond donors (Lipinski definition) is 3. The Labute approximate surface area is 71.6 Å². The maximum atomic E-state index is 8.32. The zero-order valence-corrected chi connectivity index (χ0v) is 6.99.